The van der Waals surface area contributed by atoms with Gasteiger partial charge in [-0.3, -0.25) is 9.69 Å². The zero-order valence-electron chi connectivity index (χ0n) is 19.2. The average Bonchev–Trinajstić information content (AvgIpc) is 3.23. The number of carbonyl (C=O) groups excluding carboxylic acids is 1. The van der Waals surface area contributed by atoms with Crippen LogP contribution in [-0.4, -0.2) is 58.3 Å². The molecule has 5 rings (SSSR count). The van der Waals surface area contributed by atoms with E-state index in [2.05, 4.69) is 15.2 Å². The van der Waals surface area contributed by atoms with Crippen LogP contribution in [0, 0.1) is 11.6 Å². The van der Waals surface area contributed by atoms with Crippen molar-refractivity contribution in [2.24, 2.45) is 0 Å². The molecule has 1 aromatic heterocycles. The minimum absolute atomic E-state index is 0.0122. The number of aliphatic hydroxyl groups excluding tert-OH is 1. The van der Waals surface area contributed by atoms with Crippen LogP contribution in [0.3, 0.4) is 0 Å². The number of thiazole rings is 1. The van der Waals surface area contributed by atoms with Crippen molar-refractivity contribution in [2.45, 2.75) is 56.3 Å². The third-order valence-electron chi connectivity index (χ3n) is 6.84. The maximum atomic E-state index is 13.8. The monoisotopic (exact) mass is 555 g/mol. The Bertz CT molecular complexity index is 1220. The first-order chi connectivity index (χ1) is 17.3. The van der Waals surface area contributed by atoms with Crippen LogP contribution in [0.5, 0.6) is 5.75 Å². The van der Waals surface area contributed by atoms with Gasteiger partial charge in [-0.2, -0.15) is 0 Å². The summed E-state index contributed by atoms with van der Waals surface area (Å²) in [6.45, 7) is 0.482. The van der Waals surface area contributed by atoms with E-state index in [0.717, 1.165) is 43.4 Å². The molecular weight excluding hydrogens is 531 g/mol. The second kappa shape index (κ2) is 10.8. The minimum Gasteiger partial charge on any atom is -0.491 e. The molecule has 3 unspecified atom stereocenters. The van der Waals surface area contributed by atoms with E-state index >= 15 is 0 Å². The van der Waals surface area contributed by atoms with Crippen LogP contribution in [-0.2, 0) is 0 Å². The summed E-state index contributed by atoms with van der Waals surface area (Å²) in [7, 11) is 0. The van der Waals surface area contributed by atoms with Gasteiger partial charge in [-0.25, -0.2) is 13.8 Å². The number of amides is 1. The SMILES string of the molecule is O=C(NC1CC2CCCC(C1)N2CC(O)COc1ccc(Cl)c(F)c1)c1nc2cc(Cl)c(F)cc2s1. The quantitative estimate of drug-likeness (QED) is 0.406. The third kappa shape index (κ3) is 5.60. The molecule has 0 aliphatic carbocycles. The average molecular weight is 556 g/mol. The maximum absolute atomic E-state index is 13.8. The summed E-state index contributed by atoms with van der Waals surface area (Å²) in [5.41, 5.74) is 0.501. The van der Waals surface area contributed by atoms with Gasteiger partial charge in [0.15, 0.2) is 5.01 Å². The van der Waals surface area contributed by atoms with Gasteiger partial charge in [0.2, 0.25) is 0 Å². The van der Waals surface area contributed by atoms with E-state index < -0.39 is 17.7 Å². The second-order valence-corrected chi connectivity index (χ2v) is 11.2. The molecule has 3 atom stereocenters. The molecule has 2 aliphatic rings. The van der Waals surface area contributed by atoms with E-state index in [-0.39, 0.29) is 45.7 Å². The van der Waals surface area contributed by atoms with Crippen molar-refractivity contribution in [2.75, 3.05) is 13.2 Å². The van der Waals surface area contributed by atoms with E-state index in [4.69, 9.17) is 27.9 Å². The van der Waals surface area contributed by atoms with Crippen LogP contribution in [0.25, 0.3) is 10.2 Å². The number of hydrogen-bond donors (Lipinski definition) is 2. The van der Waals surface area contributed by atoms with E-state index in [1.165, 1.54) is 24.3 Å². The largest absolute Gasteiger partial charge is 0.491 e. The molecule has 192 valence electrons. The molecule has 2 saturated heterocycles. The van der Waals surface area contributed by atoms with Gasteiger partial charge >= 0.3 is 0 Å². The van der Waals surface area contributed by atoms with Crippen LogP contribution >= 0.6 is 34.5 Å². The number of rotatable bonds is 7. The molecule has 6 nitrogen and oxygen atoms in total. The minimum atomic E-state index is -0.743. The third-order valence-corrected chi connectivity index (χ3v) is 8.45. The van der Waals surface area contributed by atoms with Gasteiger partial charge in [-0.1, -0.05) is 29.6 Å². The number of hydrogen-bond acceptors (Lipinski definition) is 6. The maximum Gasteiger partial charge on any atom is 0.280 e. The van der Waals surface area contributed by atoms with Crippen molar-refractivity contribution in [3.63, 3.8) is 0 Å². The molecular formula is C25H25Cl2F2N3O3S. The highest BCUT2D eigenvalue weighted by Gasteiger charge is 2.39. The molecule has 3 heterocycles. The molecule has 2 aliphatic heterocycles. The first-order valence-electron chi connectivity index (χ1n) is 11.8. The molecule has 36 heavy (non-hydrogen) atoms. The van der Waals surface area contributed by atoms with Gasteiger partial charge in [0, 0.05) is 30.7 Å². The van der Waals surface area contributed by atoms with Crippen LogP contribution < -0.4 is 10.1 Å². The summed E-state index contributed by atoms with van der Waals surface area (Å²) < 4.78 is 33.5. The fourth-order valence-corrected chi connectivity index (χ4v) is 6.37. The molecule has 0 radical (unpaired) electrons. The van der Waals surface area contributed by atoms with E-state index in [9.17, 15) is 18.7 Å². The lowest BCUT2D eigenvalue weighted by Gasteiger charge is -2.49. The zero-order valence-corrected chi connectivity index (χ0v) is 21.6. The number of aromatic nitrogens is 1. The molecule has 3 aromatic rings. The molecule has 11 heteroatoms. The van der Waals surface area contributed by atoms with Gasteiger partial charge < -0.3 is 15.2 Å². The Morgan fingerprint density at radius 2 is 1.89 bits per heavy atom. The highest BCUT2D eigenvalue weighted by molar-refractivity contribution is 7.20. The van der Waals surface area contributed by atoms with Crippen molar-refractivity contribution in [3.05, 3.63) is 57.0 Å². The lowest BCUT2D eigenvalue weighted by atomic mass is 9.81. The fraction of sp³-hybridized carbons (Fsp3) is 0.440. The molecule has 0 spiro atoms. The summed E-state index contributed by atoms with van der Waals surface area (Å²) in [5.74, 6) is -1.05. The zero-order chi connectivity index (χ0) is 25.4. The molecule has 1 amide bonds. The Hall–Kier alpha value is -2.04. The fourth-order valence-electron chi connectivity index (χ4n) is 5.22. The Balaban J connectivity index is 1.17. The highest BCUT2D eigenvalue weighted by atomic mass is 35.5. The van der Waals surface area contributed by atoms with E-state index in [1.54, 1.807) is 6.07 Å². The summed E-state index contributed by atoms with van der Waals surface area (Å²) >= 11 is 12.7. The number of halogens is 4. The Kier molecular flexibility index (Phi) is 7.65. The second-order valence-electron chi connectivity index (χ2n) is 9.37. The van der Waals surface area contributed by atoms with Crippen LogP contribution in [0.2, 0.25) is 10.0 Å². The number of aliphatic hydroxyl groups is 1. The summed E-state index contributed by atoms with van der Waals surface area (Å²) in [5, 5.41) is 14.0. The number of nitrogens with zero attached hydrogens (tertiary/aromatic N) is 2. The van der Waals surface area contributed by atoms with Crippen molar-refractivity contribution in [3.8, 4) is 5.75 Å². The summed E-state index contributed by atoms with van der Waals surface area (Å²) in [4.78, 5) is 19.5. The van der Waals surface area contributed by atoms with Gasteiger partial charge in [0.25, 0.3) is 5.91 Å². The smallest absolute Gasteiger partial charge is 0.280 e. The Labute approximate surface area is 221 Å². The predicted octanol–water partition coefficient (Wildman–Crippen LogP) is 5.44. The molecule has 2 fully saturated rings. The molecule has 0 saturated carbocycles. The molecule has 2 N–H and O–H groups in total. The predicted molar refractivity (Wildman–Crippen MR) is 136 cm³/mol. The number of carbonyl (C=O) groups is 1. The first kappa shape index (κ1) is 25.6. The number of fused-ring (bicyclic) bond motifs is 3. The number of nitrogens with one attached hydrogen (secondary N) is 1. The lowest BCUT2D eigenvalue weighted by molar-refractivity contribution is -0.0195. The number of benzene rings is 2. The first-order valence-corrected chi connectivity index (χ1v) is 13.4. The van der Waals surface area contributed by atoms with E-state index in [1.807, 2.05) is 0 Å². The van der Waals surface area contributed by atoms with Crippen molar-refractivity contribution in [1.82, 2.24) is 15.2 Å². The van der Waals surface area contributed by atoms with Gasteiger partial charge in [-0.05, 0) is 49.9 Å². The Morgan fingerprint density at radius 3 is 2.61 bits per heavy atom. The van der Waals surface area contributed by atoms with Crippen molar-refractivity contribution >= 4 is 50.7 Å². The summed E-state index contributed by atoms with van der Waals surface area (Å²) in [6, 6.07) is 7.37. The van der Waals surface area contributed by atoms with Gasteiger partial charge in [0.1, 0.15) is 30.1 Å². The van der Waals surface area contributed by atoms with Crippen LogP contribution in [0.4, 0.5) is 8.78 Å². The summed E-state index contributed by atoms with van der Waals surface area (Å²) in [6.07, 6.45) is 3.86. The number of piperidine rings is 2. The standard InChI is InChI=1S/C25H25Cl2F2N3O3S/c26-18-5-4-17(8-20(18)28)35-12-16(33)11-32-14-2-1-3-15(32)7-13(6-14)30-24(34)25-31-22-9-19(27)21(29)10-23(22)36-25/h4-5,8-10,13-16,33H,1-3,6-7,11-12H2,(H,30,34). The topological polar surface area (TPSA) is 74.7 Å². The van der Waals surface area contributed by atoms with Crippen LogP contribution in [0.15, 0.2) is 30.3 Å². The number of ether oxygens (including phenoxy) is 1. The molecule has 2 bridgehead atoms. The highest BCUT2D eigenvalue weighted by Crippen LogP contribution is 2.35. The van der Waals surface area contributed by atoms with E-state index in [0.29, 0.717) is 22.5 Å². The van der Waals surface area contributed by atoms with Crippen LogP contribution in [0.1, 0.15) is 41.9 Å². The molecule has 2 aromatic carbocycles. The lowest BCUT2D eigenvalue weighted by Crippen LogP contribution is -2.58. The van der Waals surface area contributed by atoms with Gasteiger partial charge in [-0.15, -0.1) is 11.3 Å². The van der Waals surface area contributed by atoms with Crippen molar-refractivity contribution in [1.29, 1.82) is 0 Å². The normalized spacial score (nSPS) is 23.0. The van der Waals surface area contributed by atoms with Gasteiger partial charge in [0.05, 0.1) is 20.3 Å². The van der Waals surface area contributed by atoms with Crippen molar-refractivity contribution < 1.29 is 23.4 Å². The Morgan fingerprint density at radius 1 is 1.17 bits per heavy atom.